The highest BCUT2D eigenvalue weighted by atomic mass is 32.2. The summed E-state index contributed by atoms with van der Waals surface area (Å²) in [4.78, 5) is 11.6. The zero-order valence-corrected chi connectivity index (χ0v) is 13.2. The molecule has 0 radical (unpaired) electrons. The zero-order chi connectivity index (χ0) is 16.0. The van der Waals surface area contributed by atoms with Crippen LogP contribution in [0.4, 0.5) is 11.4 Å². The van der Waals surface area contributed by atoms with Crippen LogP contribution in [0, 0.1) is 0 Å². The Labute approximate surface area is 134 Å². The molecule has 1 amide bonds. The first-order chi connectivity index (χ1) is 11.0. The third-order valence-corrected chi connectivity index (χ3v) is 5.74. The molecule has 23 heavy (non-hydrogen) atoms. The lowest BCUT2D eigenvalue weighted by Crippen LogP contribution is -2.13. The van der Waals surface area contributed by atoms with Crippen molar-refractivity contribution >= 4 is 27.3 Å². The predicted molar refractivity (Wildman–Crippen MR) is 88.1 cm³/mol. The zero-order valence-electron chi connectivity index (χ0n) is 12.4. The van der Waals surface area contributed by atoms with Crippen LogP contribution < -0.4 is 10.0 Å². The van der Waals surface area contributed by atoms with E-state index in [9.17, 15) is 13.2 Å². The monoisotopic (exact) mass is 328 g/mol. The largest absolute Gasteiger partial charge is 0.326 e. The summed E-state index contributed by atoms with van der Waals surface area (Å²) in [7, 11) is -3.66. The molecule has 0 aromatic heterocycles. The highest BCUT2D eigenvalue weighted by molar-refractivity contribution is 7.92. The van der Waals surface area contributed by atoms with Gasteiger partial charge in [0.2, 0.25) is 5.91 Å². The van der Waals surface area contributed by atoms with Crippen molar-refractivity contribution in [2.75, 3.05) is 10.0 Å². The van der Waals surface area contributed by atoms with Crippen molar-refractivity contribution < 1.29 is 13.2 Å². The molecular formula is C17H16N2O3S. The van der Waals surface area contributed by atoms with Crippen molar-refractivity contribution in [1.29, 1.82) is 0 Å². The first kappa shape index (κ1) is 14.3. The van der Waals surface area contributed by atoms with Crippen LogP contribution in [-0.2, 0) is 34.1 Å². The normalized spacial score (nSPS) is 15.9. The molecule has 0 bridgehead atoms. The Bertz CT molecular complexity index is 919. The summed E-state index contributed by atoms with van der Waals surface area (Å²) < 4.78 is 27.8. The van der Waals surface area contributed by atoms with Crippen LogP contribution in [0.3, 0.4) is 0 Å². The summed E-state index contributed by atoms with van der Waals surface area (Å²) in [5, 5.41) is 2.70. The number of aryl methyl sites for hydroxylation is 2. The van der Waals surface area contributed by atoms with E-state index in [2.05, 4.69) is 10.0 Å². The fraction of sp³-hybridized carbons (Fsp3) is 0.235. The maximum absolute atomic E-state index is 12.6. The van der Waals surface area contributed by atoms with Gasteiger partial charge in [-0.3, -0.25) is 9.52 Å². The molecule has 2 aliphatic rings. The van der Waals surface area contributed by atoms with Crippen molar-refractivity contribution in [2.45, 2.75) is 30.6 Å². The fourth-order valence-corrected chi connectivity index (χ4v) is 4.32. The summed E-state index contributed by atoms with van der Waals surface area (Å²) in [6, 6.07) is 10.4. The second kappa shape index (κ2) is 5.09. The van der Waals surface area contributed by atoms with Crippen molar-refractivity contribution in [2.24, 2.45) is 0 Å². The summed E-state index contributed by atoms with van der Waals surface area (Å²) in [6.45, 7) is 0. The maximum atomic E-state index is 12.6. The van der Waals surface area contributed by atoms with E-state index in [1.54, 1.807) is 18.2 Å². The van der Waals surface area contributed by atoms with E-state index in [1.165, 1.54) is 17.2 Å². The summed E-state index contributed by atoms with van der Waals surface area (Å²) in [5.41, 5.74) is 4.50. The van der Waals surface area contributed by atoms with E-state index < -0.39 is 10.0 Å². The molecule has 0 saturated heterocycles. The summed E-state index contributed by atoms with van der Waals surface area (Å²) >= 11 is 0. The van der Waals surface area contributed by atoms with Crippen LogP contribution >= 0.6 is 0 Å². The maximum Gasteiger partial charge on any atom is 0.261 e. The second-order valence-corrected chi connectivity index (χ2v) is 7.67. The number of nitrogens with one attached hydrogen (secondary N) is 2. The third kappa shape index (κ3) is 2.59. The first-order valence-corrected chi connectivity index (χ1v) is 9.07. The van der Waals surface area contributed by atoms with Crippen LogP contribution in [0.1, 0.15) is 23.1 Å². The molecule has 0 atom stereocenters. The van der Waals surface area contributed by atoms with Gasteiger partial charge in [0.1, 0.15) is 0 Å². The van der Waals surface area contributed by atoms with Gasteiger partial charge in [-0.1, -0.05) is 6.07 Å². The number of carbonyl (C=O) groups is 1. The van der Waals surface area contributed by atoms with Gasteiger partial charge < -0.3 is 5.32 Å². The number of amides is 1. The second-order valence-electron chi connectivity index (χ2n) is 5.99. The van der Waals surface area contributed by atoms with Crippen molar-refractivity contribution in [1.82, 2.24) is 0 Å². The first-order valence-electron chi connectivity index (χ1n) is 7.59. The van der Waals surface area contributed by atoms with Gasteiger partial charge in [-0.05, 0) is 66.3 Å². The Morgan fingerprint density at radius 1 is 0.957 bits per heavy atom. The molecule has 0 fully saturated rings. The lowest BCUT2D eigenvalue weighted by molar-refractivity contribution is -0.115. The summed E-state index contributed by atoms with van der Waals surface area (Å²) in [5.74, 6) is -0.110. The molecule has 0 unspecified atom stereocenters. The molecule has 2 aromatic carbocycles. The Balaban J connectivity index is 1.63. The standard InChI is InChI=1S/C17H16N2O3S/c20-17-10-13-9-15(6-7-16(13)18-17)23(21,22)19-14-5-4-11-2-1-3-12(11)8-14/h4-9,19H,1-3,10H2,(H,18,20). The Morgan fingerprint density at radius 2 is 1.78 bits per heavy atom. The highest BCUT2D eigenvalue weighted by Crippen LogP contribution is 2.28. The van der Waals surface area contributed by atoms with Crippen molar-refractivity contribution in [3.8, 4) is 0 Å². The number of anilines is 2. The molecule has 0 saturated carbocycles. The molecule has 1 heterocycles. The van der Waals surface area contributed by atoms with Crippen LogP contribution in [-0.4, -0.2) is 14.3 Å². The third-order valence-electron chi connectivity index (χ3n) is 4.36. The lowest BCUT2D eigenvalue weighted by Gasteiger charge is -2.10. The topological polar surface area (TPSA) is 75.3 Å². The number of hydrogen-bond donors (Lipinski definition) is 2. The quantitative estimate of drug-likeness (QED) is 0.909. The molecule has 6 heteroatoms. The van der Waals surface area contributed by atoms with Crippen LogP contribution in [0.5, 0.6) is 0 Å². The molecule has 2 N–H and O–H groups in total. The van der Waals surface area contributed by atoms with E-state index in [4.69, 9.17) is 0 Å². The predicted octanol–water partition coefficient (Wildman–Crippen LogP) is 2.47. The van der Waals surface area contributed by atoms with Gasteiger partial charge in [-0.15, -0.1) is 0 Å². The smallest absolute Gasteiger partial charge is 0.261 e. The molecule has 118 valence electrons. The van der Waals surface area contributed by atoms with Crippen molar-refractivity contribution in [3.05, 3.63) is 53.1 Å². The Morgan fingerprint density at radius 3 is 2.65 bits per heavy atom. The average Bonchev–Trinajstić information content (AvgIpc) is 3.10. The number of carbonyl (C=O) groups excluding carboxylic acids is 1. The van der Waals surface area contributed by atoms with Gasteiger partial charge in [0, 0.05) is 11.4 Å². The van der Waals surface area contributed by atoms with Gasteiger partial charge in [0.25, 0.3) is 10.0 Å². The SMILES string of the molecule is O=C1Cc2cc(S(=O)(=O)Nc3ccc4c(c3)CCC4)ccc2N1. The molecule has 2 aromatic rings. The van der Waals surface area contributed by atoms with E-state index in [0.717, 1.165) is 19.3 Å². The minimum absolute atomic E-state index is 0.110. The van der Waals surface area contributed by atoms with Gasteiger partial charge in [-0.2, -0.15) is 0 Å². The summed E-state index contributed by atoms with van der Waals surface area (Å²) in [6.07, 6.45) is 3.40. The Hall–Kier alpha value is -2.34. The van der Waals surface area contributed by atoms with E-state index in [0.29, 0.717) is 16.9 Å². The number of hydrogen-bond acceptors (Lipinski definition) is 3. The molecular weight excluding hydrogens is 312 g/mol. The van der Waals surface area contributed by atoms with Crippen molar-refractivity contribution in [3.63, 3.8) is 0 Å². The molecule has 1 aliphatic carbocycles. The molecule has 0 spiro atoms. The molecule has 5 nitrogen and oxygen atoms in total. The number of benzene rings is 2. The number of rotatable bonds is 3. The van der Waals surface area contributed by atoms with Crippen LogP contribution in [0.25, 0.3) is 0 Å². The minimum Gasteiger partial charge on any atom is -0.326 e. The number of sulfonamides is 1. The van der Waals surface area contributed by atoms with E-state index in [-0.39, 0.29) is 17.2 Å². The van der Waals surface area contributed by atoms with Crippen LogP contribution in [0.15, 0.2) is 41.3 Å². The minimum atomic E-state index is -3.66. The lowest BCUT2D eigenvalue weighted by atomic mass is 10.1. The van der Waals surface area contributed by atoms with Gasteiger partial charge in [0.15, 0.2) is 0 Å². The van der Waals surface area contributed by atoms with Gasteiger partial charge in [-0.25, -0.2) is 8.42 Å². The highest BCUT2D eigenvalue weighted by Gasteiger charge is 2.22. The molecule has 4 rings (SSSR count). The van der Waals surface area contributed by atoms with Gasteiger partial charge in [0.05, 0.1) is 11.3 Å². The van der Waals surface area contributed by atoms with Crippen LogP contribution in [0.2, 0.25) is 0 Å². The van der Waals surface area contributed by atoms with E-state index in [1.807, 2.05) is 12.1 Å². The molecule has 1 aliphatic heterocycles. The van der Waals surface area contributed by atoms with Gasteiger partial charge >= 0.3 is 0 Å². The fourth-order valence-electron chi connectivity index (χ4n) is 3.22. The van der Waals surface area contributed by atoms with E-state index >= 15 is 0 Å². The average molecular weight is 328 g/mol. The number of fused-ring (bicyclic) bond motifs is 2. The Kier molecular flexibility index (Phi) is 3.16.